The van der Waals surface area contributed by atoms with Crippen molar-refractivity contribution in [2.24, 2.45) is 0 Å². The van der Waals surface area contributed by atoms with Crippen LogP contribution in [0.1, 0.15) is 13.8 Å². The first-order chi connectivity index (χ1) is 15.7. The number of nitrogens with zero attached hydrogens (tertiary/aromatic N) is 2. The van der Waals surface area contributed by atoms with E-state index in [1.54, 1.807) is 18.2 Å². The van der Waals surface area contributed by atoms with E-state index in [1.165, 1.54) is 0 Å². The Bertz CT molecular complexity index is 978. The lowest BCUT2D eigenvalue weighted by molar-refractivity contribution is -0.123. The van der Waals surface area contributed by atoms with E-state index in [1.807, 2.05) is 56.3 Å². The zero-order valence-corrected chi connectivity index (χ0v) is 18.2. The minimum Gasteiger partial charge on any atom is -0.494 e. The fourth-order valence-electron chi connectivity index (χ4n) is 2.82. The Kier molecular flexibility index (Phi) is 8.68. The summed E-state index contributed by atoms with van der Waals surface area (Å²) in [6.45, 7) is 5.45. The van der Waals surface area contributed by atoms with E-state index >= 15 is 0 Å². The van der Waals surface area contributed by atoms with Gasteiger partial charge in [0.2, 0.25) is 5.88 Å². The average Bonchev–Trinajstić information content (AvgIpc) is 2.83. The highest BCUT2D eigenvalue weighted by molar-refractivity contribution is 5.77. The summed E-state index contributed by atoms with van der Waals surface area (Å²) in [5.41, 5.74) is 1.67. The maximum atomic E-state index is 12.0. The quantitative estimate of drug-likeness (QED) is 0.434. The van der Waals surface area contributed by atoms with Crippen LogP contribution < -0.4 is 24.3 Å². The Morgan fingerprint density at radius 1 is 0.812 bits per heavy atom. The molecule has 0 saturated carbocycles. The minimum absolute atomic E-state index is 0.110. The topological polar surface area (TPSA) is 91.8 Å². The second-order valence-electron chi connectivity index (χ2n) is 6.58. The molecule has 0 aliphatic rings. The third kappa shape index (κ3) is 6.87. The molecule has 1 N–H and O–H groups in total. The van der Waals surface area contributed by atoms with Gasteiger partial charge in [-0.2, -0.15) is 0 Å². The van der Waals surface area contributed by atoms with Crippen LogP contribution in [0.25, 0.3) is 11.3 Å². The number of rotatable bonds is 12. The Hall–Kier alpha value is -3.81. The molecule has 0 atom stereocenters. The predicted octanol–water partition coefficient (Wildman–Crippen LogP) is 3.52. The third-order valence-electron chi connectivity index (χ3n) is 4.28. The molecule has 32 heavy (non-hydrogen) atoms. The van der Waals surface area contributed by atoms with Gasteiger partial charge in [-0.1, -0.05) is 12.1 Å². The van der Waals surface area contributed by atoms with Gasteiger partial charge in [-0.25, -0.2) is 0 Å². The van der Waals surface area contributed by atoms with Gasteiger partial charge < -0.3 is 24.3 Å². The largest absolute Gasteiger partial charge is 0.494 e. The highest BCUT2D eigenvalue weighted by Gasteiger charge is 2.07. The molecule has 3 rings (SSSR count). The molecule has 2 aromatic carbocycles. The average molecular weight is 437 g/mol. The summed E-state index contributed by atoms with van der Waals surface area (Å²) in [6, 6.07) is 18.5. The van der Waals surface area contributed by atoms with E-state index in [2.05, 4.69) is 15.5 Å². The number of para-hydroxylation sites is 2. The van der Waals surface area contributed by atoms with Crippen molar-refractivity contribution >= 4 is 5.91 Å². The first kappa shape index (κ1) is 22.9. The summed E-state index contributed by atoms with van der Waals surface area (Å²) in [4.78, 5) is 12.0. The summed E-state index contributed by atoms with van der Waals surface area (Å²) >= 11 is 0. The van der Waals surface area contributed by atoms with E-state index in [9.17, 15) is 4.79 Å². The lowest BCUT2D eigenvalue weighted by atomic mass is 10.1. The molecule has 8 heteroatoms. The molecular weight excluding hydrogens is 410 g/mol. The van der Waals surface area contributed by atoms with Gasteiger partial charge in [0, 0.05) is 11.6 Å². The maximum absolute atomic E-state index is 12.0. The molecule has 1 aromatic heterocycles. The van der Waals surface area contributed by atoms with E-state index in [4.69, 9.17) is 18.9 Å². The normalized spacial score (nSPS) is 10.3. The highest BCUT2D eigenvalue weighted by Crippen LogP contribution is 2.26. The molecule has 0 aliphatic heterocycles. The van der Waals surface area contributed by atoms with Crippen molar-refractivity contribution < 1.29 is 23.7 Å². The van der Waals surface area contributed by atoms with Crippen molar-refractivity contribution in [1.29, 1.82) is 0 Å². The van der Waals surface area contributed by atoms with Crippen molar-refractivity contribution in [1.82, 2.24) is 15.5 Å². The summed E-state index contributed by atoms with van der Waals surface area (Å²) in [6.07, 6.45) is 0. The van der Waals surface area contributed by atoms with Crippen molar-refractivity contribution in [3.05, 3.63) is 60.7 Å². The predicted molar refractivity (Wildman–Crippen MR) is 120 cm³/mol. The summed E-state index contributed by atoms with van der Waals surface area (Å²) in [5.74, 6) is 2.09. The summed E-state index contributed by atoms with van der Waals surface area (Å²) < 4.78 is 22.0. The molecule has 1 amide bonds. The number of carbonyl (C=O) groups excluding carboxylic acids is 1. The van der Waals surface area contributed by atoms with Crippen LogP contribution in [-0.4, -0.2) is 49.1 Å². The van der Waals surface area contributed by atoms with Gasteiger partial charge >= 0.3 is 0 Å². The number of ether oxygens (including phenoxy) is 4. The molecule has 3 aromatic rings. The molecular formula is C24H27N3O5. The Balaban J connectivity index is 1.38. The fraction of sp³-hybridized carbons (Fsp3) is 0.292. The lowest BCUT2D eigenvalue weighted by Gasteiger charge is -2.11. The molecule has 0 fully saturated rings. The second kappa shape index (κ2) is 12.1. The van der Waals surface area contributed by atoms with E-state index in [0.717, 1.165) is 17.0 Å². The lowest BCUT2D eigenvalue weighted by Crippen LogP contribution is -2.32. The van der Waals surface area contributed by atoms with Crippen LogP contribution in [0.2, 0.25) is 0 Å². The van der Waals surface area contributed by atoms with Crippen LogP contribution >= 0.6 is 0 Å². The molecule has 0 saturated heterocycles. The number of aromatic nitrogens is 2. The zero-order valence-electron chi connectivity index (χ0n) is 18.2. The van der Waals surface area contributed by atoms with Crippen LogP contribution in [-0.2, 0) is 4.79 Å². The molecule has 0 bridgehead atoms. The number of amides is 1. The number of carbonyl (C=O) groups is 1. The molecule has 0 radical (unpaired) electrons. The first-order valence-corrected chi connectivity index (χ1v) is 10.5. The third-order valence-corrected chi connectivity index (χ3v) is 4.28. The monoisotopic (exact) mass is 437 g/mol. The van der Waals surface area contributed by atoms with Crippen LogP contribution in [0.4, 0.5) is 0 Å². The van der Waals surface area contributed by atoms with E-state index in [-0.39, 0.29) is 19.1 Å². The van der Waals surface area contributed by atoms with Gasteiger partial charge in [0.05, 0.1) is 25.5 Å². The first-order valence-electron chi connectivity index (χ1n) is 10.5. The summed E-state index contributed by atoms with van der Waals surface area (Å²) in [5, 5.41) is 11.0. The van der Waals surface area contributed by atoms with Gasteiger partial charge in [0.1, 0.15) is 12.4 Å². The highest BCUT2D eigenvalue weighted by atomic mass is 16.5. The van der Waals surface area contributed by atoms with Crippen molar-refractivity contribution in [3.63, 3.8) is 0 Å². The summed E-state index contributed by atoms with van der Waals surface area (Å²) in [7, 11) is 0. The Labute approximate surface area is 187 Å². The van der Waals surface area contributed by atoms with Crippen LogP contribution in [0.5, 0.6) is 23.1 Å². The second-order valence-corrected chi connectivity index (χ2v) is 6.58. The Morgan fingerprint density at radius 2 is 1.53 bits per heavy atom. The molecule has 8 nitrogen and oxygen atoms in total. The number of benzene rings is 2. The molecule has 0 unspecified atom stereocenters. The van der Waals surface area contributed by atoms with Gasteiger partial charge in [0.15, 0.2) is 18.1 Å². The SMILES string of the molecule is CCOc1ccc(-c2ccc(OCCNC(=O)COc3ccccc3OCC)nn2)cc1. The van der Waals surface area contributed by atoms with E-state index in [0.29, 0.717) is 37.1 Å². The van der Waals surface area contributed by atoms with Crippen LogP contribution in [0.3, 0.4) is 0 Å². The van der Waals surface area contributed by atoms with Crippen molar-refractivity contribution in [2.45, 2.75) is 13.8 Å². The number of hydrogen-bond donors (Lipinski definition) is 1. The maximum Gasteiger partial charge on any atom is 0.258 e. The minimum atomic E-state index is -0.253. The van der Waals surface area contributed by atoms with Crippen LogP contribution in [0, 0.1) is 0 Å². The van der Waals surface area contributed by atoms with Crippen LogP contribution in [0.15, 0.2) is 60.7 Å². The van der Waals surface area contributed by atoms with Crippen molar-refractivity contribution in [2.75, 3.05) is 33.0 Å². The van der Waals surface area contributed by atoms with Gasteiger partial charge in [-0.3, -0.25) is 4.79 Å². The van der Waals surface area contributed by atoms with Crippen molar-refractivity contribution in [3.8, 4) is 34.4 Å². The van der Waals surface area contributed by atoms with Gasteiger partial charge in [-0.15, -0.1) is 10.2 Å². The molecule has 0 spiro atoms. The smallest absolute Gasteiger partial charge is 0.258 e. The van der Waals surface area contributed by atoms with Gasteiger partial charge in [0.25, 0.3) is 5.91 Å². The zero-order chi connectivity index (χ0) is 22.6. The fourth-order valence-corrected chi connectivity index (χ4v) is 2.82. The molecule has 0 aliphatic carbocycles. The Morgan fingerprint density at radius 3 is 2.19 bits per heavy atom. The van der Waals surface area contributed by atoms with Gasteiger partial charge in [-0.05, 0) is 56.3 Å². The molecule has 168 valence electrons. The molecule has 1 heterocycles. The standard InChI is InChI=1S/C24H27N3O5/c1-3-29-19-11-9-18(10-12-19)20-13-14-24(27-26-20)31-16-15-25-23(28)17-32-22-8-6-5-7-21(22)30-4-2/h5-14H,3-4,15-17H2,1-2H3,(H,25,28). The number of nitrogens with one attached hydrogen (secondary N) is 1. The van der Waals surface area contributed by atoms with E-state index < -0.39 is 0 Å². The number of hydrogen-bond acceptors (Lipinski definition) is 7.